The van der Waals surface area contributed by atoms with E-state index in [-0.39, 0.29) is 0 Å². The van der Waals surface area contributed by atoms with Crippen molar-refractivity contribution in [2.75, 3.05) is 0 Å². The normalized spacial score (nSPS) is 18.0. The number of benzene rings is 2. The standard InChI is InChI=1S/C18H16.C8H8/c1-3-7-15-13(5-1)9-11-18-16-8-4-2-6-14(16)10-12-17(15)18;1-3-7-5-2-6-8(7)4-1/h1-3,5-7,10,12H,4,8-9,11H2;1,3-5H,2,6H2. The van der Waals surface area contributed by atoms with Gasteiger partial charge in [0.2, 0.25) is 0 Å². The van der Waals surface area contributed by atoms with E-state index in [1.54, 1.807) is 11.1 Å². The highest BCUT2D eigenvalue weighted by molar-refractivity contribution is 5.77. The summed E-state index contributed by atoms with van der Waals surface area (Å²) >= 11 is 0. The molecule has 0 radical (unpaired) electrons. The molecule has 0 nitrogen and oxygen atoms in total. The molecule has 4 aliphatic carbocycles. The van der Waals surface area contributed by atoms with Crippen LogP contribution in [-0.2, 0) is 19.3 Å². The molecule has 6 rings (SSSR count). The molecule has 2 aromatic carbocycles. The van der Waals surface area contributed by atoms with Crippen molar-refractivity contribution in [1.29, 1.82) is 0 Å². The van der Waals surface area contributed by atoms with Crippen molar-refractivity contribution >= 4 is 6.08 Å². The molecule has 0 aromatic heterocycles. The molecule has 0 spiro atoms. The predicted molar refractivity (Wildman–Crippen MR) is 111 cm³/mol. The van der Waals surface area contributed by atoms with Crippen LogP contribution in [0.15, 0.2) is 77.9 Å². The van der Waals surface area contributed by atoms with Crippen LogP contribution in [0.3, 0.4) is 0 Å². The van der Waals surface area contributed by atoms with Crippen molar-refractivity contribution in [2.45, 2.75) is 38.5 Å². The van der Waals surface area contributed by atoms with Gasteiger partial charge in [0.1, 0.15) is 0 Å². The number of fused-ring (bicyclic) bond motifs is 6. The van der Waals surface area contributed by atoms with Gasteiger partial charge in [-0.1, -0.05) is 72.9 Å². The minimum absolute atomic E-state index is 1.20. The Kier molecular flexibility index (Phi) is 3.97. The number of hydrogen-bond donors (Lipinski definition) is 0. The van der Waals surface area contributed by atoms with Gasteiger partial charge in [0.15, 0.2) is 0 Å². The second kappa shape index (κ2) is 6.61. The molecule has 0 aliphatic heterocycles. The Labute approximate surface area is 156 Å². The van der Waals surface area contributed by atoms with Crippen molar-refractivity contribution in [2.24, 2.45) is 0 Å². The molecule has 4 aliphatic rings. The van der Waals surface area contributed by atoms with Crippen LogP contribution in [0.25, 0.3) is 17.2 Å². The van der Waals surface area contributed by atoms with Crippen molar-refractivity contribution in [3.8, 4) is 11.1 Å². The summed E-state index contributed by atoms with van der Waals surface area (Å²) in [4.78, 5) is 0. The zero-order chi connectivity index (χ0) is 17.3. The molecule has 0 unspecified atom stereocenters. The maximum absolute atomic E-state index is 2.32. The molecule has 2 aromatic rings. The average molecular weight is 336 g/mol. The van der Waals surface area contributed by atoms with Crippen LogP contribution in [0.2, 0.25) is 0 Å². The fourth-order valence-corrected chi connectivity index (χ4v) is 4.68. The predicted octanol–water partition coefficient (Wildman–Crippen LogP) is 6.61. The third kappa shape index (κ3) is 2.70. The largest absolute Gasteiger partial charge is 0.0836 e. The third-order valence-corrected chi connectivity index (χ3v) is 6.00. The van der Waals surface area contributed by atoms with Crippen LogP contribution in [0, 0.1) is 0 Å². The summed E-state index contributed by atoms with van der Waals surface area (Å²) in [6, 6.07) is 13.5. The van der Waals surface area contributed by atoms with E-state index < -0.39 is 0 Å². The quantitative estimate of drug-likeness (QED) is 0.507. The number of allylic oxidation sites excluding steroid dienone is 7. The first-order valence-electron chi connectivity index (χ1n) is 9.87. The average Bonchev–Trinajstić information content (AvgIpc) is 3.33. The Hall–Kier alpha value is -2.60. The number of hydrogen-bond acceptors (Lipinski definition) is 0. The van der Waals surface area contributed by atoms with Crippen LogP contribution in [-0.4, -0.2) is 0 Å². The first-order chi connectivity index (χ1) is 12.9. The van der Waals surface area contributed by atoms with Gasteiger partial charge in [-0.25, -0.2) is 0 Å². The van der Waals surface area contributed by atoms with Gasteiger partial charge in [0.05, 0.1) is 0 Å². The van der Waals surface area contributed by atoms with Crippen LogP contribution in [0.4, 0.5) is 0 Å². The Balaban J connectivity index is 0.000000156. The van der Waals surface area contributed by atoms with E-state index in [4.69, 9.17) is 0 Å². The van der Waals surface area contributed by atoms with Gasteiger partial charge in [0, 0.05) is 0 Å². The van der Waals surface area contributed by atoms with Gasteiger partial charge in [-0.2, -0.15) is 0 Å². The molecule has 0 saturated carbocycles. The van der Waals surface area contributed by atoms with Crippen LogP contribution >= 0.6 is 0 Å². The summed E-state index contributed by atoms with van der Waals surface area (Å²) in [6.07, 6.45) is 20.8. The fourth-order valence-electron chi connectivity index (χ4n) is 4.68. The molecule has 0 heterocycles. The third-order valence-electron chi connectivity index (χ3n) is 6.00. The lowest BCUT2D eigenvalue weighted by Crippen LogP contribution is -2.09. The van der Waals surface area contributed by atoms with Gasteiger partial charge in [-0.05, 0) is 83.1 Å². The molecule has 0 bridgehead atoms. The molecule has 0 atom stereocenters. The lowest BCUT2D eigenvalue weighted by molar-refractivity contribution is 0.887. The highest BCUT2D eigenvalue weighted by Crippen LogP contribution is 2.38. The summed E-state index contributed by atoms with van der Waals surface area (Å²) in [5, 5.41) is 0. The maximum Gasteiger partial charge on any atom is -0.0146 e. The summed E-state index contributed by atoms with van der Waals surface area (Å²) < 4.78 is 0. The van der Waals surface area contributed by atoms with E-state index in [9.17, 15) is 0 Å². The van der Waals surface area contributed by atoms with Crippen LogP contribution in [0.1, 0.15) is 41.5 Å². The summed E-state index contributed by atoms with van der Waals surface area (Å²) in [7, 11) is 0. The van der Waals surface area contributed by atoms with E-state index in [0.29, 0.717) is 0 Å². The second-order valence-electron chi connectivity index (χ2n) is 7.51. The van der Waals surface area contributed by atoms with Gasteiger partial charge >= 0.3 is 0 Å². The van der Waals surface area contributed by atoms with E-state index in [1.165, 1.54) is 71.9 Å². The summed E-state index contributed by atoms with van der Waals surface area (Å²) in [6.45, 7) is 0. The van der Waals surface area contributed by atoms with Gasteiger partial charge in [0.25, 0.3) is 0 Å². The lowest BCUT2D eigenvalue weighted by atomic mass is 9.80. The first kappa shape index (κ1) is 15.6. The van der Waals surface area contributed by atoms with Crippen molar-refractivity contribution < 1.29 is 0 Å². The zero-order valence-corrected chi connectivity index (χ0v) is 15.2. The van der Waals surface area contributed by atoms with Gasteiger partial charge in [-0.3, -0.25) is 0 Å². The minimum atomic E-state index is 1.20. The first-order valence-corrected chi connectivity index (χ1v) is 9.87. The SMILES string of the molecule is C1=CC2=CCCC2=C1.C1=Cc2ccc3c(c2CC1)CCc1ccccc1-3. The van der Waals surface area contributed by atoms with E-state index in [0.717, 1.165) is 0 Å². The van der Waals surface area contributed by atoms with E-state index in [2.05, 4.69) is 72.9 Å². The van der Waals surface area contributed by atoms with Gasteiger partial charge in [-0.15, -0.1) is 0 Å². The monoisotopic (exact) mass is 336 g/mol. The molecule has 0 heteroatoms. The second-order valence-corrected chi connectivity index (χ2v) is 7.51. The number of rotatable bonds is 0. The Morgan fingerprint density at radius 2 is 1.65 bits per heavy atom. The Morgan fingerprint density at radius 1 is 0.692 bits per heavy atom. The number of aryl methyl sites for hydroxylation is 1. The lowest BCUT2D eigenvalue weighted by Gasteiger charge is -2.25. The molecular formula is C26H24. The van der Waals surface area contributed by atoms with Crippen LogP contribution in [0.5, 0.6) is 0 Å². The molecular weight excluding hydrogens is 312 g/mol. The van der Waals surface area contributed by atoms with Crippen molar-refractivity contribution in [3.63, 3.8) is 0 Å². The Bertz CT molecular complexity index is 979. The highest BCUT2D eigenvalue weighted by Gasteiger charge is 2.20. The van der Waals surface area contributed by atoms with E-state index in [1.807, 2.05) is 0 Å². The van der Waals surface area contributed by atoms with Gasteiger partial charge < -0.3 is 0 Å². The van der Waals surface area contributed by atoms with Crippen molar-refractivity contribution in [3.05, 3.63) is 100 Å². The highest BCUT2D eigenvalue weighted by atomic mass is 14.2. The maximum atomic E-state index is 2.32. The fraction of sp³-hybridized carbons (Fsp3) is 0.231. The topological polar surface area (TPSA) is 0 Å². The molecule has 0 saturated heterocycles. The summed E-state index contributed by atoms with van der Waals surface area (Å²) in [5.74, 6) is 0. The molecule has 0 amide bonds. The summed E-state index contributed by atoms with van der Waals surface area (Å²) in [5.41, 5.74) is 12.1. The minimum Gasteiger partial charge on any atom is -0.0836 e. The smallest absolute Gasteiger partial charge is 0.0146 e. The van der Waals surface area contributed by atoms with Crippen LogP contribution < -0.4 is 0 Å². The Morgan fingerprint density at radius 3 is 2.62 bits per heavy atom. The molecule has 26 heavy (non-hydrogen) atoms. The molecule has 0 fully saturated rings. The molecule has 0 N–H and O–H groups in total. The molecule has 128 valence electrons. The van der Waals surface area contributed by atoms with E-state index >= 15 is 0 Å². The van der Waals surface area contributed by atoms with Crippen molar-refractivity contribution in [1.82, 2.24) is 0 Å². The zero-order valence-electron chi connectivity index (χ0n) is 15.2.